The number of benzene rings is 1. The van der Waals surface area contributed by atoms with E-state index in [9.17, 15) is 19.5 Å². The molecule has 0 radical (unpaired) electrons. The lowest BCUT2D eigenvalue weighted by molar-refractivity contribution is -0.172. The third kappa shape index (κ3) is 3.12. The van der Waals surface area contributed by atoms with E-state index >= 15 is 0 Å². The van der Waals surface area contributed by atoms with Gasteiger partial charge in [-0.25, -0.2) is 14.6 Å². The highest BCUT2D eigenvalue weighted by Gasteiger charge is 2.45. The summed E-state index contributed by atoms with van der Waals surface area (Å²) in [6.07, 6.45) is 1.08. The third-order valence-electron chi connectivity index (χ3n) is 7.34. The summed E-state index contributed by atoms with van der Waals surface area (Å²) in [5.41, 5.74) is 3.71. The van der Waals surface area contributed by atoms with Crippen LogP contribution in [0.15, 0.2) is 23.0 Å². The van der Waals surface area contributed by atoms with Crippen LogP contribution >= 0.6 is 0 Å². The van der Waals surface area contributed by atoms with Crippen LogP contribution in [0.3, 0.4) is 0 Å². The molecule has 2 aliphatic heterocycles. The fourth-order valence-corrected chi connectivity index (χ4v) is 5.66. The summed E-state index contributed by atoms with van der Waals surface area (Å²) in [7, 11) is 0. The summed E-state index contributed by atoms with van der Waals surface area (Å²) >= 11 is 0. The topological polar surface area (TPSA) is 120 Å². The van der Waals surface area contributed by atoms with Gasteiger partial charge < -0.3 is 19.1 Å². The van der Waals surface area contributed by atoms with Gasteiger partial charge in [0.05, 0.1) is 29.0 Å². The summed E-state index contributed by atoms with van der Waals surface area (Å²) in [4.78, 5) is 43.2. The van der Waals surface area contributed by atoms with Gasteiger partial charge in [-0.1, -0.05) is 6.92 Å². The van der Waals surface area contributed by atoms with E-state index in [1.54, 1.807) is 17.6 Å². The first kappa shape index (κ1) is 22.7. The molecule has 3 aliphatic rings. The molecule has 0 bridgehead atoms. The van der Waals surface area contributed by atoms with Gasteiger partial charge in [-0.3, -0.25) is 10.1 Å². The van der Waals surface area contributed by atoms with E-state index in [0.29, 0.717) is 34.7 Å². The van der Waals surface area contributed by atoms with E-state index < -0.39 is 23.3 Å². The van der Waals surface area contributed by atoms with E-state index in [2.05, 4.69) is 5.32 Å². The van der Waals surface area contributed by atoms with Crippen LogP contribution in [0, 0.1) is 0 Å². The van der Waals surface area contributed by atoms with E-state index in [1.807, 2.05) is 32.9 Å². The maximum absolute atomic E-state index is 13.5. The van der Waals surface area contributed by atoms with E-state index in [1.165, 1.54) is 0 Å². The Balaban J connectivity index is 1.49. The number of cyclic esters (lactones) is 1. The van der Waals surface area contributed by atoms with Crippen LogP contribution < -0.4 is 10.9 Å². The minimum absolute atomic E-state index is 0.0990. The first-order valence-electron chi connectivity index (χ1n) is 12.2. The summed E-state index contributed by atoms with van der Waals surface area (Å²) < 4.78 is 12.2. The lowest BCUT2D eigenvalue weighted by Gasteiger charge is -2.31. The molecule has 0 fully saturated rings. The number of nitrogens with one attached hydrogen (secondary N) is 1. The largest absolute Gasteiger partial charge is 0.458 e. The van der Waals surface area contributed by atoms with Gasteiger partial charge in [-0.05, 0) is 69.4 Å². The molecule has 2 N–H and O–H groups in total. The average Bonchev–Trinajstić information content (AvgIpc) is 3.41. The predicted octanol–water partition coefficient (Wildman–Crippen LogP) is 3.53. The van der Waals surface area contributed by atoms with Crippen LogP contribution in [0.2, 0.25) is 0 Å². The molecule has 1 atom stereocenters. The number of carbonyl (C=O) groups excluding carboxylic acids is 2. The number of hydrogen-bond donors (Lipinski definition) is 2. The molecule has 1 aliphatic carbocycles. The number of hydrogen-bond acceptors (Lipinski definition) is 7. The van der Waals surface area contributed by atoms with Crippen molar-refractivity contribution in [2.24, 2.45) is 0 Å². The molecule has 3 aromatic rings. The van der Waals surface area contributed by atoms with Crippen LogP contribution in [0.4, 0.5) is 10.5 Å². The van der Waals surface area contributed by atoms with Gasteiger partial charge in [-0.15, -0.1) is 0 Å². The highest BCUT2D eigenvalue weighted by Crippen LogP contribution is 2.44. The number of anilines is 1. The molecular weight excluding hydrogens is 462 g/mol. The Morgan fingerprint density at radius 2 is 1.94 bits per heavy atom. The van der Waals surface area contributed by atoms with Crippen molar-refractivity contribution in [3.63, 3.8) is 0 Å². The number of ether oxygens (including phenoxy) is 2. The number of esters is 1. The van der Waals surface area contributed by atoms with Crippen molar-refractivity contribution >= 4 is 28.7 Å². The van der Waals surface area contributed by atoms with Gasteiger partial charge in [0.15, 0.2) is 5.60 Å². The number of pyridine rings is 2. The van der Waals surface area contributed by atoms with Crippen LogP contribution in [-0.4, -0.2) is 32.3 Å². The smallest absolute Gasteiger partial charge is 0.412 e. The Hall–Kier alpha value is -3.72. The molecule has 9 nitrogen and oxygen atoms in total. The standard InChI is InChI=1S/C27H27N3O6/c1-5-27(34)17-10-20-22-15(11-30(20)23(31)16(17)12-35-24(27)32)13-6-7-14-18(8-9-19(28-22)21(13)14)29-25(33)36-26(2,3)4/h8-10,34H,5-7,11-12H2,1-4H3,(H,29,33)/t27-/m0/s1. The van der Waals surface area contributed by atoms with Crippen molar-refractivity contribution in [3.8, 4) is 11.4 Å². The van der Waals surface area contributed by atoms with Gasteiger partial charge in [0.2, 0.25) is 0 Å². The SMILES string of the molecule is CC[C@@]1(O)C(=O)OCc2c1cc1n(c2=O)Cc2c-1nc1ccc(NC(=O)OC(C)(C)C)c3c1c2CC3. The molecule has 1 aromatic carbocycles. The number of aliphatic hydroxyl groups is 1. The molecule has 4 heterocycles. The normalized spacial score (nSPS) is 19.5. The number of fused-ring (bicyclic) bond motifs is 5. The summed E-state index contributed by atoms with van der Waals surface area (Å²) in [6, 6.07) is 5.42. The zero-order chi connectivity index (χ0) is 25.6. The second-order valence-electron chi connectivity index (χ2n) is 10.6. The zero-order valence-electron chi connectivity index (χ0n) is 20.7. The van der Waals surface area contributed by atoms with E-state index in [0.717, 1.165) is 40.4 Å². The Morgan fingerprint density at radius 1 is 1.19 bits per heavy atom. The van der Waals surface area contributed by atoms with Crippen molar-refractivity contribution in [2.75, 3.05) is 5.32 Å². The number of aromatic nitrogens is 2. The monoisotopic (exact) mass is 489 g/mol. The number of carbonyl (C=O) groups is 2. The molecule has 6 rings (SSSR count). The first-order chi connectivity index (χ1) is 17.0. The lowest BCUT2D eigenvalue weighted by atomic mass is 9.86. The highest BCUT2D eigenvalue weighted by molar-refractivity contribution is 5.98. The maximum atomic E-state index is 13.5. The first-order valence-corrected chi connectivity index (χ1v) is 12.2. The van der Waals surface area contributed by atoms with E-state index in [-0.39, 0.29) is 18.6 Å². The fourth-order valence-electron chi connectivity index (χ4n) is 5.66. The van der Waals surface area contributed by atoms with Crippen LogP contribution in [0.1, 0.15) is 61.9 Å². The van der Waals surface area contributed by atoms with Crippen molar-refractivity contribution in [1.82, 2.24) is 9.55 Å². The Bertz CT molecular complexity index is 1560. The Kier molecular flexibility index (Phi) is 4.67. The minimum Gasteiger partial charge on any atom is -0.458 e. The molecule has 0 spiro atoms. The predicted molar refractivity (Wildman–Crippen MR) is 132 cm³/mol. The molecule has 186 valence electrons. The maximum Gasteiger partial charge on any atom is 0.412 e. The number of amides is 1. The summed E-state index contributed by atoms with van der Waals surface area (Å²) in [6.45, 7) is 7.34. The highest BCUT2D eigenvalue weighted by atomic mass is 16.6. The summed E-state index contributed by atoms with van der Waals surface area (Å²) in [5, 5.41) is 14.9. The second-order valence-corrected chi connectivity index (χ2v) is 10.6. The van der Waals surface area contributed by atoms with Gasteiger partial charge in [0, 0.05) is 22.2 Å². The molecule has 0 saturated heterocycles. The molecule has 0 saturated carbocycles. The molecule has 2 aromatic heterocycles. The molecule has 9 heteroatoms. The van der Waals surface area contributed by atoms with Gasteiger partial charge in [0.1, 0.15) is 12.2 Å². The van der Waals surface area contributed by atoms with E-state index in [4.69, 9.17) is 14.5 Å². The Labute approximate surface area is 207 Å². The Morgan fingerprint density at radius 3 is 2.67 bits per heavy atom. The molecule has 0 unspecified atom stereocenters. The van der Waals surface area contributed by atoms with Crippen LogP contribution in [0.25, 0.3) is 22.3 Å². The number of nitrogens with zero attached hydrogens (tertiary/aromatic N) is 2. The van der Waals surface area contributed by atoms with Crippen molar-refractivity contribution in [2.45, 2.75) is 71.3 Å². The van der Waals surface area contributed by atoms with Crippen molar-refractivity contribution in [1.29, 1.82) is 0 Å². The quantitative estimate of drug-likeness (QED) is 0.414. The van der Waals surface area contributed by atoms with Gasteiger partial charge in [-0.2, -0.15) is 0 Å². The zero-order valence-corrected chi connectivity index (χ0v) is 20.7. The average molecular weight is 490 g/mol. The van der Waals surface area contributed by atoms with Gasteiger partial charge >= 0.3 is 12.1 Å². The summed E-state index contributed by atoms with van der Waals surface area (Å²) in [5.74, 6) is -0.736. The third-order valence-corrected chi connectivity index (χ3v) is 7.34. The van der Waals surface area contributed by atoms with Gasteiger partial charge in [0.25, 0.3) is 5.56 Å². The van der Waals surface area contributed by atoms with Crippen molar-refractivity contribution < 1.29 is 24.2 Å². The second kappa shape index (κ2) is 7.39. The lowest BCUT2D eigenvalue weighted by Crippen LogP contribution is -2.44. The fraction of sp³-hybridized carbons (Fsp3) is 0.407. The molecule has 1 amide bonds. The number of aryl methyl sites for hydroxylation is 2. The molecular formula is C27H27N3O6. The van der Waals surface area contributed by atoms with Crippen LogP contribution in [0.5, 0.6) is 0 Å². The number of rotatable bonds is 2. The molecule has 36 heavy (non-hydrogen) atoms. The minimum atomic E-state index is -1.85. The van der Waals surface area contributed by atoms with Crippen molar-refractivity contribution in [3.05, 3.63) is 56.4 Å². The van der Waals surface area contributed by atoms with Crippen LogP contribution in [-0.2, 0) is 45.9 Å².